The Kier molecular flexibility index (Phi) is 5.40. The summed E-state index contributed by atoms with van der Waals surface area (Å²) in [4.78, 5) is 33.8. The maximum absolute atomic E-state index is 13.3. The Morgan fingerprint density at radius 3 is 2.81 bits per heavy atom. The molecule has 2 amide bonds. The number of aromatic nitrogens is 2. The summed E-state index contributed by atoms with van der Waals surface area (Å²) in [5.41, 5.74) is 0.845. The molecule has 136 valence electrons. The number of amides is 2. The summed E-state index contributed by atoms with van der Waals surface area (Å²) in [6.07, 6.45) is 3.10. The Balaban J connectivity index is 1.60. The van der Waals surface area contributed by atoms with Crippen molar-refractivity contribution in [1.82, 2.24) is 20.2 Å². The molecule has 7 nitrogen and oxygen atoms in total. The Bertz CT molecular complexity index is 797. The van der Waals surface area contributed by atoms with Gasteiger partial charge in [-0.3, -0.25) is 4.79 Å². The first-order chi connectivity index (χ1) is 12.6. The molecule has 8 heteroatoms. The molecule has 1 aromatic heterocycles. The minimum atomic E-state index is -0.375. The molecule has 1 aromatic carbocycles. The highest BCUT2D eigenvalue weighted by molar-refractivity contribution is 5.94. The lowest BCUT2D eigenvalue weighted by molar-refractivity contribution is 0.0929. The summed E-state index contributed by atoms with van der Waals surface area (Å²) in [5.74, 6) is -0.345. The summed E-state index contributed by atoms with van der Waals surface area (Å²) in [5, 5.41) is 2.86. The molecular weight excluding hydrogens is 339 g/mol. The van der Waals surface area contributed by atoms with Gasteiger partial charge in [0.25, 0.3) is 5.91 Å². The van der Waals surface area contributed by atoms with E-state index in [4.69, 9.17) is 4.74 Å². The number of likely N-dealkylation sites (tertiary alicyclic amines) is 1. The maximum Gasteiger partial charge on any atom is 0.409 e. The van der Waals surface area contributed by atoms with Gasteiger partial charge in [-0.25, -0.2) is 19.2 Å². The van der Waals surface area contributed by atoms with Gasteiger partial charge in [0, 0.05) is 37.1 Å². The molecule has 0 saturated carbocycles. The number of ether oxygens (including phenoxy) is 1. The van der Waals surface area contributed by atoms with Crippen LogP contribution in [0.3, 0.4) is 0 Å². The first kappa shape index (κ1) is 17.8. The Morgan fingerprint density at radius 1 is 1.35 bits per heavy atom. The van der Waals surface area contributed by atoms with Crippen molar-refractivity contribution in [1.29, 1.82) is 0 Å². The minimum Gasteiger partial charge on any atom is -0.450 e. The topological polar surface area (TPSA) is 84.4 Å². The van der Waals surface area contributed by atoms with Crippen LogP contribution in [-0.4, -0.2) is 52.6 Å². The molecule has 26 heavy (non-hydrogen) atoms. The fourth-order valence-electron chi connectivity index (χ4n) is 2.75. The SMILES string of the molecule is CCOC(=O)N1CC[C@H](NC(=O)c2cnc(-c3cccc(F)c3)nc2)C1. The fourth-order valence-corrected chi connectivity index (χ4v) is 2.75. The van der Waals surface area contributed by atoms with Crippen molar-refractivity contribution < 1.29 is 18.7 Å². The van der Waals surface area contributed by atoms with Gasteiger partial charge in [0.2, 0.25) is 0 Å². The van der Waals surface area contributed by atoms with Crippen LogP contribution in [0.5, 0.6) is 0 Å². The van der Waals surface area contributed by atoms with Gasteiger partial charge >= 0.3 is 6.09 Å². The van der Waals surface area contributed by atoms with Crippen molar-refractivity contribution >= 4 is 12.0 Å². The summed E-state index contributed by atoms with van der Waals surface area (Å²) in [6.45, 7) is 3.02. The van der Waals surface area contributed by atoms with Gasteiger partial charge < -0.3 is 15.0 Å². The Labute approximate surface area is 150 Å². The van der Waals surface area contributed by atoms with Crippen LogP contribution in [-0.2, 0) is 4.74 Å². The third-order valence-electron chi connectivity index (χ3n) is 4.05. The standard InChI is InChI=1S/C18H19FN4O3/c1-2-26-18(25)23-7-6-15(11-23)22-17(24)13-9-20-16(21-10-13)12-4-3-5-14(19)8-12/h3-5,8-10,15H,2,6-7,11H2,1H3,(H,22,24)/t15-/m0/s1. The van der Waals surface area contributed by atoms with Crippen LogP contribution < -0.4 is 5.32 Å². The molecule has 1 N–H and O–H groups in total. The predicted octanol–water partition coefficient (Wildman–Crippen LogP) is 2.24. The van der Waals surface area contributed by atoms with Crippen molar-refractivity contribution in [3.63, 3.8) is 0 Å². The lowest BCUT2D eigenvalue weighted by atomic mass is 10.2. The van der Waals surface area contributed by atoms with Crippen molar-refractivity contribution in [2.45, 2.75) is 19.4 Å². The van der Waals surface area contributed by atoms with Gasteiger partial charge in [-0.2, -0.15) is 0 Å². The van der Waals surface area contributed by atoms with E-state index in [9.17, 15) is 14.0 Å². The van der Waals surface area contributed by atoms with Gasteiger partial charge in [-0.1, -0.05) is 12.1 Å². The number of carbonyl (C=O) groups is 2. The Hall–Kier alpha value is -3.03. The molecule has 0 spiro atoms. The highest BCUT2D eigenvalue weighted by atomic mass is 19.1. The van der Waals surface area contributed by atoms with Gasteiger partial charge in [0.1, 0.15) is 5.82 Å². The average Bonchev–Trinajstić information content (AvgIpc) is 3.11. The van der Waals surface area contributed by atoms with Gasteiger partial charge in [0.15, 0.2) is 5.82 Å². The highest BCUT2D eigenvalue weighted by Crippen LogP contribution is 2.16. The third kappa shape index (κ3) is 4.14. The first-order valence-corrected chi connectivity index (χ1v) is 8.37. The van der Waals surface area contributed by atoms with Crippen LogP contribution in [0.2, 0.25) is 0 Å². The molecule has 1 atom stereocenters. The van der Waals surface area contributed by atoms with Crippen LogP contribution in [0, 0.1) is 5.82 Å². The smallest absolute Gasteiger partial charge is 0.409 e. The van der Waals surface area contributed by atoms with Crippen LogP contribution in [0.1, 0.15) is 23.7 Å². The largest absolute Gasteiger partial charge is 0.450 e. The molecule has 1 aliphatic rings. The zero-order valence-corrected chi connectivity index (χ0v) is 14.3. The zero-order chi connectivity index (χ0) is 18.5. The third-order valence-corrected chi connectivity index (χ3v) is 4.05. The molecule has 1 aliphatic heterocycles. The van der Waals surface area contributed by atoms with Crippen molar-refractivity contribution in [2.24, 2.45) is 0 Å². The molecule has 1 saturated heterocycles. The van der Waals surface area contributed by atoms with E-state index in [1.54, 1.807) is 24.0 Å². The number of nitrogens with one attached hydrogen (secondary N) is 1. The highest BCUT2D eigenvalue weighted by Gasteiger charge is 2.28. The second kappa shape index (κ2) is 7.90. The zero-order valence-electron chi connectivity index (χ0n) is 14.3. The van der Waals surface area contributed by atoms with E-state index in [0.29, 0.717) is 43.1 Å². The van der Waals surface area contributed by atoms with Crippen molar-refractivity contribution in [3.05, 3.63) is 48.0 Å². The number of benzene rings is 1. The average molecular weight is 358 g/mol. The quantitative estimate of drug-likeness (QED) is 0.906. The molecule has 2 aromatic rings. The van der Waals surface area contributed by atoms with Crippen molar-refractivity contribution in [3.8, 4) is 11.4 Å². The number of hydrogen-bond donors (Lipinski definition) is 1. The number of rotatable bonds is 4. The molecule has 3 rings (SSSR count). The van der Waals surface area contributed by atoms with E-state index in [0.717, 1.165) is 0 Å². The monoisotopic (exact) mass is 358 g/mol. The van der Waals surface area contributed by atoms with E-state index in [1.165, 1.54) is 24.5 Å². The lowest BCUT2D eigenvalue weighted by Gasteiger charge is -2.16. The normalized spacial score (nSPS) is 16.4. The van der Waals surface area contributed by atoms with Gasteiger partial charge in [-0.05, 0) is 25.5 Å². The molecule has 0 bridgehead atoms. The fraction of sp³-hybridized carbons (Fsp3) is 0.333. The van der Waals surface area contributed by atoms with Crippen molar-refractivity contribution in [2.75, 3.05) is 19.7 Å². The number of hydrogen-bond acceptors (Lipinski definition) is 5. The second-order valence-electron chi connectivity index (χ2n) is 5.91. The van der Waals surface area contributed by atoms with E-state index >= 15 is 0 Å². The molecule has 0 aliphatic carbocycles. The molecule has 2 heterocycles. The summed E-state index contributed by atoms with van der Waals surface area (Å²) in [7, 11) is 0. The molecule has 0 radical (unpaired) electrons. The summed E-state index contributed by atoms with van der Waals surface area (Å²) in [6, 6.07) is 5.80. The molecule has 0 unspecified atom stereocenters. The minimum absolute atomic E-state index is 0.144. The summed E-state index contributed by atoms with van der Waals surface area (Å²) < 4.78 is 18.2. The molecular formula is C18H19FN4O3. The van der Waals surface area contributed by atoms with E-state index in [1.807, 2.05) is 0 Å². The maximum atomic E-state index is 13.3. The van der Waals surface area contributed by atoms with Gasteiger partial charge in [-0.15, -0.1) is 0 Å². The first-order valence-electron chi connectivity index (χ1n) is 8.37. The molecule has 1 fully saturated rings. The van der Waals surface area contributed by atoms with Crippen LogP contribution in [0.4, 0.5) is 9.18 Å². The van der Waals surface area contributed by atoms with Crippen LogP contribution >= 0.6 is 0 Å². The Morgan fingerprint density at radius 2 is 2.12 bits per heavy atom. The second-order valence-corrected chi connectivity index (χ2v) is 5.91. The van der Waals surface area contributed by atoms with Gasteiger partial charge in [0.05, 0.1) is 12.2 Å². The number of halogens is 1. The lowest BCUT2D eigenvalue weighted by Crippen LogP contribution is -2.38. The van der Waals surface area contributed by atoms with Crippen LogP contribution in [0.25, 0.3) is 11.4 Å². The van der Waals surface area contributed by atoms with E-state index in [2.05, 4.69) is 15.3 Å². The van der Waals surface area contributed by atoms with Crippen LogP contribution in [0.15, 0.2) is 36.7 Å². The number of carbonyl (C=O) groups excluding carboxylic acids is 2. The predicted molar refractivity (Wildman–Crippen MR) is 91.9 cm³/mol. The summed E-state index contributed by atoms with van der Waals surface area (Å²) >= 11 is 0. The number of nitrogens with zero attached hydrogens (tertiary/aromatic N) is 3. The van der Waals surface area contributed by atoms with E-state index < -0.39 is 0 Å². The van der Waals surface area contributed by atoms with E-state index in [-0.39, 0.29) is 23.9 Å².